The van der Waals surface area contributed by atoms with Crippen molar-refractivity contribution in [3.05, 3.63) is 23.8 Å². The summed E-state index contributed by atoms with van der Waals surface area (Å²) in [5.74, 6) is -0.224. The van der Waals surface area contributed by atoms with Crippen molar-refractivity contribution >= 4 is 17.3 Å². The Bertz CT molecular complexity index is 410. The summed E-state index contributed by atoms with van der Waals surface area (Å²) in [5, 5.41) is 25.4. The molecule has 1 aromatic rings. The Morgan fingerprint density at radius 2 is 1.89 bits per heavy atom. The van der Waals surface area contributed by atoms with Crippen LogP contribution in [-0.2, 0) is 6.54 Å². The number of benzene rings is 1. The van der Waals surface area contributed by atoms with Crippen molar-refractivity contribution in [3.63, 3.8) is 0 Å². The number of hydrogen-bond donors (Lipinski definition) is 4. The molecule has 1 rings (SSSR count). The van der Waals surface area contributed by atoms with Crippen LogP contribution in [0, 0.1) is 0 Å². The van der Waals surface area contributed by atoms with Gasteiger partial charge in [-0.15, -0.1) is 0 Å². The smallest absolute Gasteiger partial charge is 0.166 e. The maximum atomic E-state index is 9.36. The Morgan fingerprint density at radius 1 is 1.11 bits per heavy atom. The van der Waals surface area contributed by atoms with Crippen LogP contribution in [0.15, 0.2) is 18.2 Å². The minimum Gasteiger partial charge on any atom is -0.504 e. The molecule has 0 spiro atoms. The van der Waals surface area contributed by atoms with E-state index in [4.69, 9.17) is 12.2 Å². The molecular weight excluding hydrogens is 260 g/mol. The summed E-state index contributed by atoms with van der Waals surface area (Å²) in [6, 6.07) is 4.73. The standard InChI is InChI=1S/C14H22N2O2S/c1-2-3-4-5-8-15-14(19)16-10-11-6-7-12(17)13(18)9-11/h6-7,9,17-18H,2-5,8,10H2,1H3,(H2,15,16,19). The van der Waals surface area contributed by atoms with Crippen molar-refractivity contribution in [3.8, 4) is 11.5 Å². The maximum absolute atomic E-state index is 9.36. The Balaban J connectivity index is 2.20. The molecule has 0 saturated carbocycles. The van der Waals surface area contributed by atoms with E-state index < -0.39 is 0 Å². The van der Waals surface area contributed by atoms with E-state index in [1.807, 2.05) is 0 Å². The highest BCUT2D eigenvalue weighted by Gasteiger charge is 2.01. The number of aromatic hydroxyl groups is 2. The van der Waals surface area contributed by atoms with Gasteiger partial charge >= 0.3 is 0 Å². The largest absolute Gasteiger partial charge is 0.504 e. The Hall–Kier alpha value is -1.49. The monoisotopic (exact) mass is 282 g/mol. The van der Waals surface area contributed by atoms with Gasteiger partial charge in [0.2, 0.25) is 0 Å². The normalized spacial score (nSPS) is 10.2. The Kier molecular flexibility index (Phi) is 7.03. The summed E-state index contributed by atoms with van der Waals surface area (Å²) in [6.07, 6.45) is 4.83. The van der Waals surface area contributed by atoms with Crippen molar-refractivity contribution in [2.45, 2.75) is 39.2 Å². The van der Waals surface area contributed by atoms with Crippen molar-refractivity contribution in [1.82, 2.24) is 10.6 Å². The van der Waals surface area contributed by atoms with E-state index in [-0.39, 0.29) is 11.5 Å². The summed E-state index contributed by atoms with van der Waals surface area (Å²) >= 11 is 5.16. The minimum absolute atomic E-state index is 0.111. The average Bonchev–Trinajstić information content (AvgIpc) is 2.40. The SMILES string of the molecule is CCCCCCNC(=S)NCc1ccc(O)c(O)c1. The van der Waals surface area contributed by atoms with Gasteiger partial charge in [0.25, 0.3) is 0 Å². The van der Waals surface area contributed by atoms with Crippen LogP contribution in [0.4, 0.5) is 0 Å². The van der Waals surface area contributed by atoms with Gasteiger partial charge in [-0.1, -0.05) is 32.3 Å². The molecule has 4 N–H and O–H groups in total. The summed E-state index contributed by atoms with van der Waals surface area (Å²) < 4.78 is 0. The summed E-state index contributed by atoms with van der Waals surface area (Å²) in [6.45, 7) is 3.59. The van der Waals surface area contributed by atoms with Gasteiger partial charge in [-0.05, 0) is 36.3 Å². The predicted octanol–water partition coefficient (Wildman–Crippen LogP) is 2.64. The van der Waals surface area contributed by atoms with E-state index in [2.05, 4.69) is 17.6 Å². The number of hydrogen-bond acceptors (Lipinski definition) is 3. The molecule has 0 fully saturated rings. The lowest BCUT2D eigenvalue weighted by atomic mass is 10.2. The third-order valence-corrected chi connectivity index (χ3v) is 3.10. The number of nitrogens with one attached hydrogen (secondary N) is 2. The molecule has 0 unspecified atom stereocenters. The Labute approximate surface area is 119 Å². The first kappa shape index (κ1) is 15.6. The molecule has 0 bridgehead atoms. The summed E-state index contributed by atoms with van der Waals surface area (Å²) in [7, 11) is 0. The number of phenolic OH excluding ortho intramolecular Hbond substituents is 2. The minimum atomic E-state index is -0.113. The lowest BCUT2D eigenvalue weighted by Gasteiger charge is -2.10. The maximum Gasteiger partial charge on any atom is 0.166 e. The van der Waals surface area contributed by atoms with Crippen molar-refractivity contribution in [2.75, 3.05) is 6.54 Å². The van der Waals surface area contributed by atoms with Gasteiger partial charge in [0.05, 0.1) is 0 Å². The lowest BCUT2D eigenvalue weighted by Crippen LogP contribution is -2.35. The number of thiocarbonyl (C=S) groups is 1. The van der Waals surface area contributed by atoms with E-state index in [1.54, 1.807) is 6.07 Å². The molecule has 0 aromatic heterocycles. The first-order valence-corrected chi connectivity index (χ1v) is 7.07. The van der Waals surface area contributed by atoms with Crippen molar-refractivity contribution in [2.24, 2.45) is 0 Å². The van der Waals surface area contributed by atoms with Crippen LogP contribution in [-0.4, -0.2) is 21.9 Å². The molecule has 19 heavy (non-hydrogen) atoms. The van der Waals surface area contributed by atoms with E-state index >= 15 is 0 Å². The van der Waals surface area contributed by atoms with Crippen LogP contribution in [0.25, 0.3) is 0 Å². The summed E-state index contributed by atoms with van der Waals surface area (Å²) in [5.41, 5.74) is 0.866. The first-order valence-electron chi connectivity index (χ1n) is 6.66. The molecule has 0 heterocycles. The predicted molar refractivity (Wildman–Crippen MR) is 81.4 cm³/mol. The van der Waals surface area contributed by atoms with E-state index in [0.717, 1.165) is 18.5 Å². The lowest BCUT2D eigenvalue weighted by molar-refractivity contribution is 0.403. The highest BCUT2D eigenvalue weighted by Crippen LogP contribution is 2.24. The van der Waals surface area contributed by atoms with Gasteiger partial charge in [0.1, 0.15) is 0 Å². The molecular formula is C14H22N2O2S. The molecule has 0 aliphatic carbocycles. The second kappa shape index (κ2) is 8.58. The van der Waals surface area contributed by atoms with Gasteiger partial charge in [-0.25, -0.2) is 0 Å². The van der Waals surface area contributed by atoms with Crippen LogP contribution < -0.4 is 10.6 Å². The highest BCUT2D eigenvalue weighted by molar-refractivity contribution is 7.80. The quantitative estimate of drug-likeness (QED) is 0.352. The molecule has 106 valence electrons. The van der Waals surface area contributed by atoms with Gasteiger partial charge in [-0.2, -0.15) is 0 Å². The third-order valence-electron chi connectivity index (χ3n) is 2.81. The van der Waals surface area contributed by atoms with Crippen molar-refractivity contribution < 1.29 is 10.2 Å². The molecule has 0 amide bonds. The molecule has 0 saturated heterocycles. The molecule has 0 atom stereocenters. The summed E-state index contributed by atoms with van der Waals surface area (Å²) in [4.78, 5) is 0. The fourth-order valence-electron chi connectivity index (χ4n) is 1.68. The molecule has 0 aliphatic rings. The van der Waals surface area contributed by atoms with Gasteiger partial charge < -0.3 is 20.8 Å². The second-order valence-electron chi connectivity index (χ2n) is 4.49. The first-order chi connectivity index (χ1) is 9.13. The van der Waals surface area contributed by atoms with E-state index in [0.29, 0.717) is 11.7 Å². The molecule has 0 radical (unpaired) electrons. The average molecular weight is 282 g/mol. The van der Waals surface area contributed by atoms with Gasteiger partial charge in [-0.3, -0.25) is 0 Å². The third kappa shape index (κ3) is 6.29. The van der Waals surface area contributed by atoms with Crippen LogP contribution in [0.5, 0.6) is 11.5 Å². The van der Waals surface area contributed by atoms with Gasteiger partial charge in [0.15, 0.2) is 16.6 Å². The number of rotatable bonds is 7. The Morgan fingerprint density at radius 3 is 2.58 bits per heavy atom. The number of phenols is 2. The molecule has 1 aromatic carbocycles. The zero-order chi connectivity index (χ0) is 14.1. The highest BCUT2D eigenvalue weighted by atomic mass is 32.1. The molecule has 5 heteroatoms. The topological polar surface area (TPSA) is 64.5 Å². The van der Waals surface area contributed by atoms with E-state index in [9.17, 15) is 10.2 Å². The fraction of sp³-hybridized carbons (Fsp3) is 0.500. The fourth-order valence-corrected chi connectivity index (χ4v) is 1.85. The van der Waals surface area contributed by atoms with Crippen LogP contribution in [0.1, 0.15) is 38.2 Å². The molecule has 4 nitrogen and oxygen atoms in total. The zero-order valence-electron chi connectivity index (χ0n) is 11.3. The van der Waals surface area contributed by atoms with Crippen LogP contribution in [0.3, 0.4) is 0 Å². The second-order valence-corrected chi connectivity index (χ2v) is 4.90. The van der Waals surface area contributed by atoms with Crippen LogP contribution >= 0.6 is 12.2 Å². The number of unbranched alkanes of at least 4 members (excludes halogenated alkanes) is 3. The van der Waals surface area contributed by atoms with E-state index in [1.165, 1.54) is 31.4 Å². The van der Waals surface area contributed by atoms with Gasteiger partial charge in [0, 0.05) is 13.1 Å². The molecule has 0 aliphatic heterocycles. The zero-order valence-corrected chi connectivity index (χ0v) is 12.1. The van der Waals surface area contributed by atoms with Crippen molar-refractivity contribution in [1.29, 1.82) is 0 Å². The van der Waals surface area contributed by atoms with Crippen LogP contribution in [0.2, 0.25) is 0 Å².